The van der Waals surface area contributed by atoms with Crippen molar-refractivity contribution in [1.82, 2.24) is 20.4 Å². The highest BCUT2D eigenvalue weighted by molar-refractivity contribution is 6.34. The zero-order valence-electron chi connectivity index (χ0n) is 31.4. The zero-order valence-corrected chi connectivity index (χ0v) is 32.2. The lowest BCUT2D eigenvalue weighted by molar-refractivity contribution is -0.129. The van der Waals surface area contributed by atoms with Crippen LogP contribution >= 0.6 is 11.6 Å². The van der Waals surface area contributed by atoms with Crippen LogP contribution in [0.5, 0.6) is 0 Å². The van der Waals surface area contributed by atoms with E-state index in [9.17, 15) is 14.4 Å². The molecule has 2 fully saturated rings. The number of carbonyl (C=O) groups is 3. The molecule has 53 heavy (non-hydrogen) atoms. The highest BCUT2D eigenvalue weighted by Gasteiger charge is 2.30. The van der Waals surface area contributed by atoms with Crippen molar-refractivity contribution in [2.24, 2.45) is 23.5 Å². The third kappa shape index (κ3) is 9.55. The quantitative estimate of drug-likeness (QED) is 0.103. The standard InChI is InChI=1S/C43H55ClN6O3/c1-4-50(5-2)36-18-15-34(16-19-36)46-42(52)32-14-20-37(27(3)22-32)30-10-6-28(7-11-30)23-33(24-40(51)31-12-8-29(26-45)9-13-31)43(53)47-35-17-21-38-39(25-35)48-49-41(38)44/h6-7,10-11,14,17,20-22,25,29,31,33-34,36H,4-5,8-9,12-13,15-16,18-19,23-24,26,45H2,1-3H3,(H,46,52)(H,47,53)(H,48,49). The lowest BCUT2D eigenvalue weighted by atomic mass is 9.77. The number of aromatic amines is 1. The van der Waals surface area contributed by atoms with Crippen LogP contribution in [0.15, 0.2) is 60.7 Å². The first-order chi connectivity index (χ1) is 25.6. The van der Waals surface area contributed by atoms with E-state index in [-0.39, 0.29) is 36.0 Å². The fourth-order valence-electron chi connectivity index (χ4n) is 8.52. The van der Waals surface area contributed by atoms with Gasteiger partial charge < -0.3 is 21.3 Å². The molecule has 1 aromatic heterocycles. The van der Waals surface area contributed by atoms with Gasteiger partial charge in [-0.15, -0.1) is 0 Å². The van der Waals surface area contributed by atoms with Gasteiger partial charge in [0.05, 0.1) is 5.52 Å². The van der Waals surface area contributed by atoms with E-state index in [1.54, 1.807) is 12.1 Å². The highest BCUT2D eigenvalue weighted by atomic mass is 35.5. The summed E-state index contributed by atoms with van der Waals surface area (Å²) >= 11 is 6.18. The molecule has 282 valence electrons. The monoisotopic (exact) mass is 738 g/mol. The van der Waals surface area contributed by atoms with Crippen molar-refractivity contribution in [3.05, 3.63) is 82.5 Å². The van der Waals surface area contributed by atoms with E-state index >= 15 is 0 Å². The molecule has 0 radical (unpaired) electrons. The number of Topliss-reactive ketones (excluding diaryl/α,β-unsaturated/α-hetero) is 1. The molecule has 1 atom stereocenters. The minimum absolute atomic E-state index is 0.0133. The van der Waals surface area contributed by atoms with Crippen LogP contribution in [0.1, 0.15) is 93.1 Å². The Kier molecular flexibility index (Phi) is 13.0. The molecular weight excluding hydrogens is 684 g/mol. The van der Waals surface area contributed by atoms with Gasteiger partial charge in [0.25, 0.3) is 5.91 Å². The number of benzene rings is 3. The summed E-state index contributed by atoms with van der Waals surface area (Å²) in [6.45, 7) is 9.28. The van der Waals surface area contributed by atoms with Crippen LogP contribution in [0.4, 0.5) is 5.69 Å². The Morgan fingerprint density at radius 2 is 1.64 bits per heavy atom. The van der Waals surface area contributed by atoms with Crippen molar-refractivity contribution in [3.63, 3.8) is 0 Å². The number of hydrogen-bond acceptors (Lipinski definition) is 6. The Balaban J connectivity index is 1.11. The number of ketones is 1. The van der Waals surface area contributed by atoms with Gasteiger partial charge in [-0.05, 0) is 143 Å². The number of hydrogen-bond donors (Lipinski definition) is 4. The SMILES string of the molecule is CCN(CC)C1CCC(NC(=O)c2ccc(-c3ccc(CC(CC(=O)C4CCC(CN)CC4)C(=O)Nc4ccc5c(Cl)[nH]nc5c4)cc3)c(C)c2)CC1. The second-order valence-electron chi connectivity index (χ2n) is 15.2. The van der Waals surface area contributed by atoms with Crippen LogP contribution in [0.2, 0.25) is 5.15 Å². The summed E-state index contributed by atoms with van der Waals surface area (Å²) in [5.41, 5.74) is 11.9. The van der Waals surface area contributed by atoms with Crippen molar-refractivity contribution >= 4 is 45.8 Å². The minimum atomic E-state index is -0.536. The second kappa shape index (κ2) is 17.9. The third-order valence-corrected chi connectivity index (χ3v) is 12.1. The smallest absolute Gasteiger partial charge is 0.251 e. The maximum absolute atomic E-state index is 13.8. The molecule has 3 aromatic carbocycles. The molecule has 2 amide bonds. The molecule has 1 unspecified atom stereocenters. The van der Waals surface area contributed by atoms with Crippen LogP contribution in [0, 0.1) is 24.7 Å². The van der Waals surface area contributed by atoms with Gasteiger partial charge >= 0.3 is 0 Å². The van der Waals surface area contributed by atoms with Gasteiger partial charge in [-0.3, -0.25) is 19.5 Å². The predicted molar refractivity (Wildman–Crippen MR) is 214 cm³/mol. The Morgan fingerprint density at radius 3 is 2.30 bits per heavy atom. The van der Waals surface area contributed by atoms with E-state index in [4.69, 9.17) is 17.3 Å². The third-order valence-electron chi connectivity index (χ3n) is 11.8. The number of fused-ring (bicyclic) bond motifs is 1. The lowest BCUT2D eigenvalue weighted by Gasteiger charge is -2.36. The summed E-state index contributed by atoms with van der Waals surface area (Å²) in [5, 5.41) is 14.5. The van der Waals surface area contributed by atoms with Gasteiger partial charge in [-0.2, -0.15) is 5.10 Å². The van der Waals surface area contributed by atoms with Crippen LogP contribution in [0.25, 0.3) is 22.0 Å². The molecule has 2 saturated carbocycles. The molecule has 0 saturated heterocycles. The van der Waals surface area contributed by atoms with Crippen molar-refractivity contribution in [3.8, 4) is 11.1 Å². The molecule has 5 N–H and O–H groups in total. The number of aryl methyl sites for hydroxylation is 1. The molecular formula is C43H55ClN6O3. The van der Waals surface area contributed by atoms with Gasteiger partial charge in [0, 0.05) is 47.0 Å². The molecule has 4 aromatic rings. The average molecular weight is 739 g/mol. The molecule has 10 heteroatoms. The molecule has 6 rings (SSSR count). The number of carbonyl (C=O) groups excluding carboxylic acids is 3. The summed E-state index contributed by atoms with van der Waals surface area (Å²) < 4.78 is 0. The summed E-state index contributed by atoms with van der Waals surface area (Å²) in [6.07, 6.45) is 8.46. The number of nitrogens with two attached hydrogens (primary N) is 1. The van der Waals surface area contributed by atoms with E-state index in [0.29, 0.717) is 46.8 Å². The number of aromatic nitrogens is 2. The summed E-state index contributed by atoms with van der Waals surface area (Å²) in [4.78, 5) is 43.2. The Hall–Kier alpha value is -4.05. The number of H-pyrrole nitrogens is 1. The second-order valence-corrected chi connectivity index (χ2v) is 15.6. The summed E-state index contributed by atoms with van der Waals surface area (Å²) in [5.74, 6) is -0.142. The Labute approximate surface area is 318 Å². The highest BCUT2D eigenvalue weighted by Crippen LogP contribution is 2.32. The lowest BCUT2D eigenvalue weighted by Crippen LogP contribution is -2.43. The van der Waals surface area contributed by atoms with Crippen molar-refractivity contribution in [2.45, 2.75) is 97.1 Å². The van der Waals surface area contributed by atoms with Gasteiger partial charge in [-0.25, -0.2) is 0 Å². The van der Waals surface area contributed by atoms with Gasteiger partial charge in [0.15, 0.2) is 0 Å². The molecule has 9 nitrogen and oxygen atoms in total. The van der Waals surface area contributed by atoms with Gasteiger partial charge in [0.1, 0.15) is 10.9 Å². The summed E-state index contributed by atoms with van der Waals surface area (Å²) in [6, 6.07) is 20.4. The number of nitrogens with one attached hydrogen (secondary N) is 3. The van der Waals surface area contributed by atoms with E-state index < -0.39 is 5.92 Å². The number of nitrogens with zero attached hydrogens (tertiary/aromatic N) is 2. The van der Waals surface area contributed by atoms with E-state index in [1.807, 2.05) is 43.3 Å². The normalized spacial score (nSPS) is 21.0. The fourth-order valence-corrected chi connectivity index (χ4v) is 8.72. The number of anilines is 1. The first-order valence-electron chi connectivity index (χ1n) is 19.6. The minimum Gasteiger partial charge on any atom is -0.349 e. The van der Waals surface area contributed by atoms with Crippen LogP contribution in [0.3, 0.4) is 0 Å². The maximum Gasteiger partial charge on any atom is 0.251 e. The van der Waals surface area contributed by atoms with Crippen molar-refractivity contribution in [1.29, 1.82) is 0 Å². The number of halogens is 1. The first kappa shape index (κ1) is 38.7. The van der Waals surface area contributed by atoms with Crippen molar-refractivity contribution in [2.75, 3.05) is 25.0 Å². The molecule has 0 spiro atoms. The Bertz CT molecular complexity index is 1870. The molecule has 2 aliphatic carbocycles. The van der Waals surface area contributed by atoms with Gasteiger partial charge in [-0.1, -0.05) is 55.8 Å². The molecule has 0 bridgehead atoms. The number of rotatable bonds is 14. The molecule has 1 heterocycles. The summed E-state index contributed by atoms with van der Waals surface area (Å²) in [7, 11) is 0. The van der Waals surface area contributed by atoms with E-state index in [2.05, 4.69) is 51.7 Å². The largest absolute Gasteiger partial charge is 0.349 e. The first-order valence-corrected chi connectivity index (χ1v) is 20.0. The molecule has 2 aliphatic rings. The maximum atomic E-state index is 13.8. The topological polar surface area (TPSA) is 133 Å². The average Bonchev–Trinajstić information content (AvgIpc) is 3.55. The molecule has 0 aliphatic heterocycles. The van der Waals surface area contributed by atoms with E-state index in [1.165, 1.54) is 0 Å². The zero-order chi connectivity index (χ0) is 37.5. The Morgan fingerprint density at radius 1 is 0.925 bits per heavy atom. The van der Waals surface area contributed by atoms with Crippen LogP contribution in [-0.2, 0) is 16.0 Å². The number of amides is 2. The van der Waals surface area contributed by atoms with Crippen molar-refractivity contribution < 1.29 is 14.4 Å². The predicted octanol–water partition coefficient (Wildman–Crippen LogP) is 8.10. The van der Waals surface area contributed by atoms with Gasteiger partial charge in [0.2, 0.25) is 5.91 Å². The van der Waals surface area contributed by atoms with Crippen LogP contribution in [-0.4, -0.2) is 64.4 Å². The fraction of sp³-hybridized carbons (Fsp3) is 0.488. The van der Waals surface area contributed by atoms with E-state index in [0.717, 1.165) is 92.1 Å². The van der Waals surface area contributed by atoms with Crippen LogP contribution < -0.4 is 16.4 Å².